The first-order valence-electron chi connectivity index (χ1n) is 6.36. The highest BCUT2D eigenvalue weighted by Gasteiger charge is 2.11. The summed E-state index contributed by atoms with van der Waals surface area (Å²) in [7, 11) is 3.52. The van der Waals surface area contributed by atoms with E-state index in [0.29, 0.717) is 23.5 Å². The number of nitrogens with one attached hydrogen (secondary N) is 1. The first-order valence-corrected chi connectivity index (χ1v) is 6.36. The number of aryl methyl sites for hydroxylation is 1. The first-order chi connectivity index (χ1) is 9.52. The minimum Gasteiger partial charge on any atom is -0.497 e. The molecule has 0 saturated carbocycles. The van der Waals surface area contributed by atoms with Gasteiger partial charge in [-0.1, -0.05) is 0 Å². The van der Waals surface area contributed by atoms with Gasteiger partial charge in [0.2, 0.25) is 0 Å². The Balaban J connectivity index is 2.10. The molecule has 0 fully saturated rings. The lowest BCUT2D eigenvalue weighted by Crippen LogP contribution is -2.25. The highest BCUT2D eigenvalue weighted by Crippen LogP contribution is 2.19. The molecule has 5 nitrogen and oxygen atoms in total. The van der Waals surface area contributed by atoms with Crippen molar-refractivity contribution >= 4 is 11.6 Å². The van der Waals surface area contributed by atoms with Gasteiger partial charge in [-0.2, -0.15) is 0 Å². The number of anilines is 1. The molecule has 0 radical (unpaired) electrons. The van der Waals surface area contributed by atoms with Crippen LogP contribution in [0, 0.1) is 6.92 Å². The molecule has 2 aromatic rings. The maximum Gasteiger partial charge on any atom is 0.253 e. The fraction of sp³-hybridized carbons (Fsp3) is 0.267. The second kappa shape index (κ2) is 5.69. The number of ether oxygens (including phenoxy) is 1. The SMILES string of the molecule is COc1ccc(N)c(C(=O)NCc2ccc(C)n2C)c1. The van der Waals surface area contributed by atoms with Gasteiger partial charge >= 0.3 is 0 Å². The number of carbonyl (C=O) groups excluding carboxylic acids is 1. The van der Waals surface area contributed by atoms with E-state index in [1.165, 1.54) is 0 Å². The van der Waals surface area contributed by atoms with Crippen LogP contribution < -0.4 is 15.8 Å². The van der Waals surface area contributed by atoms with Gasteiger partial charge in [0, 0.05) is 24.1 Å². The van der Waals surface area contributed by atoms with Crippen molar-refractivity contribution in [3.05, 3.63) is 47.3 Å². The zero-order chi connectivity index (χ0) is 14.7. The van der Waals surface area contributed by atoms with Gasteiger partial charge in [-0.15, -0.1) is 0 Å². The third-order valence-corrected chi connectivity index (χ3v) is 3.41. The monoisotopic (exact) mass is 273 g/mol. The number of aromatic nitrogens is 1. The van der Waals surface area contributed by atoms with Crippen LogP contribution in [0.2, 0.25) is 0 Å². The standard InChI is InChI=1S/C15H19N3O2/c1-10-4-5-11(18(10)2)9-17-15(19)13-8-12(20-3)6-7-14(13)16/h4-8H,9,16H2,1-3H3,(H,17,19). The average Bonchev–Trinajstić information content (AvgIpc) is 2.77. The highest BCUT2D eigenvalue weighted by atomic mass is 16.5. The lowest BCUT2D eigenvalue weighted by Gasteiger charge is -2.10. The Morgan fingerprint density at radius 3 is 2.70 bits per heavy atom. The van der Waals surface area contributed by atoms with Crippen LogP contribution in [0.1, 0.15) is 21.7 Å². The number of nitrogens with two attached hydrogens (primary N) is 1. The fourth-order valence-corrected chi connectivity index (χ4v) is 1.97. The van der Waals surface area contributed by atoms with Crippen molar-refractivity contribution in [1.29, 1.82) is 0 Å². The van der Waals surface area contributed by atoms with Gasteiger partial charge in [0.15, 0.2) is 0 Å². The predicted octanol–water partition coefficient (Wildman–Crippen LogP) is 1.85. The van der Waals surface area contributed by atoms with Crippen LogP contribution in [0.3, 0.4) is 0 Å². The molecule has 0 saturated heterocycles. The van der Waals surface area contributed by atoms with E-state index in [9.17, 15) is 4.79 Å². The number of benzene rings is 1. The fourth-order valence-electron chi connectivity index (χ4n) is 1.97. The summed E-state index contributed by atoms with van der Waals surface area (Å²) in [6.07, 6.45) is 0. The van der Waals surface area contributed by atoms with Crippen LogP contribution in [-0.4, -0.2) is 17.6 Å². The molecule has 2 rings (SSSR count). The highest BCUT2D eigenvalue weighted by molar-refractivity contribution is 5.99. The summed E-state index contributed by atoms with van der Waals surface area (Å²) in [6.45, 7) is 2.48. The number of hydrogen-bond acceptors (Lipinski definition) is 3. The van der Waals surface area contributed by atoms with E-state index in [0.717, 1.165) is 11.4 Å². The zero-order valence-corrected chi connectivity index (χ0v) is 11.9. The van der Waals surface area contributed by atoms with E-state index in [-0.39, 0.29) is 5.91 Å². The first kappa shape index (κ1) is 14.0. The van der Waals surface area contributed by atoms with E-state index >= 15 is 0 Å². The van der Waals surface area contributed by atoms with Gasteiger partial charge in [-0.3, -0.25) is 4.79 Å². The van der Waals surface area contributed by atoms with Crippen molar-refractivity contribution in [2.45, 2.75) is 13.5 Å². The van der Waals surface area contributed by atoms with Crippen LogP contribution in [0.15, 0.2) is 30.3 Å². The Hall–Kier alpha value is -2.43. The smallest absolute Gasteiger partial charge is 0.253 e. The van der Waals surface area contributed by atoms with Crippen LogP contribution >= 0.6 is 0 Å². The molecule has 0 bridgehead atoms. The summed E-state index contributed by atoms with van der Waals surface area (Å²) in [5, 5.41) is 2.87. The van der Waals surface area contributed by atoms with Gasteiger partial charge in [0.25, 0.3) is 5.91 Å². The molecule has 1 heterocycles. The van der Waals surface area contributed by atoms with E-state index in [1.807, 2.05) is 30.7 Å². The van der Waals surface area contributed by atoms with Crippen molar-refractivity contribution in [3.63, 3.8) is 0 Å². The Morgan fingerprint density at radius 1 is 1.35 bits per heavy atom. The van der Waals surface area contributed by atoms with Gasteiger partial charge in [-0.05, 0) is 37.3 Å². The topological polar surface area (TPSA) is 69.3 Å². The molecule has 106 valence electrons. The molecule has 5 heteroatoms. The molecule has 1 amide bonds. The molecular formula is C15H19N3O2. The molecule has 0 aliphatic heterocycles. The largest absolute Gasteiger partial charge is 0.497 e. The van der Waals surface area contributed by atoms with Crippen LogP contribution in [0.5, 0.6) is 5.75 Å². The molecule has 3 N–H and O–H groups in total. The quantitative estimate of drug-likeness (QED) is 0.835. The van der Waals surface area contributed by atoms with E-state index in [2.05, 4.69) is 5.32 Å². The minimum atomic E-state index is -0.208. The molecular weight excluding hydrogens is 254 g/mol. The third-order valence-electron chi connectivity index (χ3n) is 3.41. The molecule has 1 aromatic heterocycles. The second-order valence-electron chi connectivity index (χ2n) is 4.66. The molecule has 0 unspecified atom stereocenters. The Bertz CT molecular complexity index is 632. The average molecular weight is 273 g/mol. The summed E-state index contributed by atoms with van der Waals surface area (Å²) in [4.78, 5) is 12.2. The molecule has 0 spiro atoms. The van der Waals surface area contributed by atoms with Crippen LogP contribution in [-0.2, 0) is 13.6 Å². The molecule has 20 heavy (non-hydrogen) atoms. The number of hydrogen-bond donors (Lipinski definition) is 2. The summed E-state index contributed by atoms with van der Waals surface area (Å²) < 4.78 is 7.14. The molecule has 1 aromatic carbocycles. The van der Waals surface area contributed by atoms with E-state index in [4.69, 9.17) is 10.5 Å². The van der Waals surface area contributed by atoms with Gasteiger partial charge < -0.3 is 20.4 Å². The lowest BCUT2D eigenvalue weighted by atomic mass is 10.1. The number of nitrogen functional groups attached to an aromatic ring is 1. The molecule has 0 atom stereocenters. The summed E-state index contributed by atoms with van der Waals surface area (Å²) in [5.41, 5.74) is 8.88. The number of amides is 1. The maximum absolute atomic E-state index is 12.2. The lowest BCUT2D eigenvalue weighted by molar-refractivity contribution is 0.0950. The number of nitrogens with zero attached hydrogens (tertiary/aromatic N) is 1. The predicted molar refractivity (Wildman–Crippen MR) is 78.7 cm³/mol. The summed E-state index contributed by atoms with van der Waals surface area (Å²) in [6, 6.07) is 9.04. The Kier molecular flexibility index (Phi) is 3.98. The molecule has 0 aliphatic carbocycles. The molecule has 0 aliphatic rings. The van der Waals surface area contributed by atoms with Gasteiger partial charge in [0.05, 0.1) is 19.2 Å². The van der Waals surface area contributed by atoms with Crippen LogP contribution in [0.25, 0.3) is 0 Å². The number of rotatable bonds is 4. The number of methoxy groups -OCH3 is 1. The summed E-state index contributed by atoms with van der Waals surface area (Å²) >= 11 is 0. The summed E-state index contributed by atoms with van der Waals surface area (Å²) in [5.74, 6) is 0.402. The minimum absolute atomic E-state index is 0.208. The Morgan fingerprint density at radius 2 is 2.10 bits per heavy atom. The maximum atomic E-state index is 12.2. The normalized spacial score (nSPS) is 10.3. The van der Waals surface area contributed by atoms with Gasteiger partial charge in [0.1, 0.15) is 5.75 Å². The Labute approximate surface area is 118 Å². The van der Waals surface area contributed by atoms with Crippen molar-refractivity contribution in [2.75, 3.05) is 12.8 Å². The van der Waals surface area contributed by atoms with Gasteiger partial charge in [-0.25, -0.2) is 0 Å². The van der Waals surface area contributed by atoms with E-state index < -0.39 is 0 Å². The van der Waals surface area contributed by atoms with E-state index in [1.54, 1.807) is 25.3 Å². The van der Waals surface area contributed by atoms with Crippen molar-refractivity contribution < 1.29 is 9.53 Å². The third kappa shape index (κ3) is 2.77. The van der Waals surface area contributed by atoms with Crippen LogP contribution in [0.4, 0.5) is 5.69 Å². The zero-order valence-electron chi connectivity index (χ0n) is 11.9. The van der Waals surface area contributed by atoms with Crippen molar-refractivity contribution in [1.82, 2.24) is 9.88 Å². The second-order valence-corrected chi connectivity index (χ2v) is 4.66. The van der Waals surface area contributed by atoms with Crippen molar-refractivity contribution in [3.8, 4) is 5.75 Å². The van der Waals surface area contributed by atoms with Crippen molar-refractivity contribution in [2.24, 2.45) is 7.05 Å². The number of carbonyl (C=O) groups is 1.